The minimum Gasteiger partial charge on any atom is -0.454 e. The van der Waals surface area contributed by atoms with Crippen molar-refractivity contribution in [3.8, 4) is 0 Å². The molecule has 2 aliphatic carbocycles. The van der Waals surface area contributed by atoms with Crippen LogP contribution < -0.4 is 4.90 Å². The van der Waals surface area contributed by atoms with Gasteiger partial charge >= 0.3 is 5.97 Å². The number of fused-ring (bicyclic) bond motifs is 5. The Balaban J connectivity index is 1.35. The zero-order valence-corrected chi connectivity index (χ0v) is 21.2. The molecule has 0 spiro atoms. The molecule has 2 bridgehead atoms. The standard InChI is InChI=1S/C24H18Br2N2O7/c25-20-14-9-15(21(20)26)19-18(14)22(30)27(23(19)31)16-7-2-1-6-13(16)24(32)35-10-17(29)11-4-3-5-12(8-11)28(33)34/h1-8,14-15,18-21H,9-10H2/t14-,15-,18-,19+,20-,21+/m1/s1. The number of benzene rings is 2. The van der Waals surface area contributed by atoms with E-state index in [1.807, 2.05) is 0 Å². The summed E-state index contributed by atoms with van der Waals surface area (Å²) in [6.07, 6.45) is 0.788. The molecular formula is C24H18Br2N2O7. The first-order valence-corrected chi connectivity index (χ1v) is 12.7. The van der Waals surface area contributed by atoms with Crippen LogP contribution in [0.1, 0.15) is 27.1 Å². The zero-order valence-electron chi connectivity index (χ0n) is 18.0. The van der Waals surface area contributed by atoms with Gasteiger partial charge in [-0.25, -0.2) is 9.69 Å². The Morgan fingerprint density at radius 2 is 1.63 bits per heavy atom. The van der Waals surface area contributed by atoms with Crippen LogP contribution in [-0.2, 0) is 14.3 Å². The van der Waals surface area contributed by atoms with Gasteiger partial charge in [0.1, 0.15) is 0 Å². The van der Waals surface area contributed by atoms with Crippen molar-refractivity contribution < 1.29 is 28.8 Å². The van der Waals surface area contributed by atoms with E-state index < -0.39 is 35.1 Å². The molecule has 2 aromatic rings. The van der Waals surface area contributed by atoms with Gasteiger partial charge in [0.05, 0.1) is 28.0 Å². The molecular weight excluding hydrogens is 588 g/mol. The van der Waals surface area contributed by atoms with E-state index in [0.717, 1.165) is 17.4 Å². The van der Waals surface area contributed by atoms with Gasteiger partial charge in [0.25, 0.3) is 5.69 Å². The lowest BCUT2D eigenvalue weighted by molar-refractivity contribution is -0.384. The normalized spacial score (nSPS) is 28.8. The molecule has 1 aliphatic heterocycles. The summed E-state index contributed by atoms with van der Waals surface area (Å²) in [4.78, 5) is 63.6. The molecule has 2 aromatic carbocycles. The van der Waals surface area contributed by atoms with Crippen molar-refractivity contribution in [3.63, 3.8) is 0 Å². The largest absolute Gasteiger partial charge is 0.454 e. The van der Waals surface area contributed by atoms with Gasteiger partial charge in [-0.15, -0.1) is 0 Å². The van der Waals surface area contributed by atoms with Gasteiger partial charge < -0.3 is 4.74 Å². The third-order valence-electron chi connectivity index (χ3n) is 7.07. The van der Waals surface area contributed by atoms with Gasteiger partial charge in [0.15, 0.2) is 6.61 Å². The first kappa shape index (κ1) is 23.8. The number of hydrogen-bond donors (Lipinski definition) is 0. The summed E-state index contributed by atoms with van der Waals surface area (Å²) in [6.45, 7) is -0.651. The number of alkyl halides is 2. The number of anilines is 1. The minimum atomic E-state index is -0.878. The molecule has 11 heteroatoms. The number of imide groups is 1. The molecule has 35 heavy (non-hydrogen) atoms. The summed E-state index contributed by atoms with van der Waals surface area (Å²) in [5, 5.41) is 10.9. The second-order valence-corrected chi connectivity index (χ2v) is 11.0. The summed E-state index contributed by atoms with van der Waals surface area (Å²) in [6, 6.07) is 11.2. The molecule has 0 unspecified atom stereocenters. The van der Waals surface area contributed by atoms with Crippen LogP contribution in [0.3, 0.4) is 0 Å². The van der Waals surface area contributed by atoms with Crippen LogP contribution in [0.25, 0.3) is 0 Å². The van der Waals surface area contributed by atoms with E-state index in [1.54, 1.807) is 12.1 Å². The third-order valence-corrected chi connectivity index (χ3v) is 10.3. The van der Waals surface area contributed by atoms with E-state index in [1.165, 1.54) is 30.3 Å². The van der Waals surface area contributed by atoms with Crippen molar-refractivity contribution in [1.82, 2.24) is 0 Å². The number of rotatable bonds is 6. The third kappa shape index (κ3) is 3.81. The van der Waals surface area contributed by atoms with Gasteiger partial charge in [0.2, 0.25) is 17.6 Å². The van der Waals surface area contributed by atoms with E-state index in [0.29, 0.717) is 0 Å². The minimum absolute atomic E-state index is 0.0147. The van der Waals surface area contributed by atoms with Crippen molar-refractivity contribution in [2.24, 2.45) is 23.7 Å². The van der Waals surface area contributed by atoms with Crippen molar-refractivity contribution in [1.29, 1.82) is 0 Å². The van der Waals surface area contributed by atoms with Crippen LogP contribution in [0.4, 0.5) is 11.4 Å². The number of carbonyl (C=O) groups excluding carboxylic acids is 4. The number of halogens is 2. The Morgan fingerprint density at radius 1 is 1.00 bits per heavy atom. The van der Waals surface area contributed by atoms with Crippen LogP contribution in [0.15, 0.2) is 48.5 Å². The average molecular weight is 606 g/mol. The maximum absolute atomic E-state index is 13.4. The fourth-order valence-corrected chi connectivity index (χ4v) is 7.39. The maximum Gasteiger partial charge on any atom is 0.340 e. The van der Waals surface area contributed by atoms with Crippen molar-refractivity contribution in [2.75, 3.05) is 11.5 Å². The van der Waals surface area contributed by atoms with Crippen LogP contribution in [0.2, 0.25) is 0 Å². The highest BCUT2D eigenvalue weighted by Gasteiger charge is 2.66. The topological polar surface area (TPSA) is 124 Å². The van der Waals surface area contributed by atoms with Crippen LogP contribution in [-0.4, -0.2) is 44.8 Å². The number of amides is 2. The highest BCUT2D eigenvalue weighted by Crippen LogP contribution is 2.60. The molecule has 1 heterocycles. The van der Waals surface area contributed by atoms with Gasteiger partial charge in [-0.1, -0.05) is 56.1 Å². The van der Waals surface area contributed by atoms with E-state index >= 15 is 0 Å². The fourth-order valence-electron chi connectivity index (χ4n) is 5.51. The first-order valence-electron chi connectivity index (χ1n) is 10.9. The number of nitro benzene ring substituents is 1. The van der Waals surface area contributed by atoms with E-state index in [4.69, 9.17) is 4.74 Å². The van der Waals surface area contributed by atoms with E-state index in [9.17, 15) is 29.3 Å². The molecule has 2 amide bonds. The van der Waals surface area contributed by atoms with E-state index in [2.05, 4.69) is 31.9 Å². The summed E-state index contributed by atoms with van der Waals surface area (Å²) in [5.41, 5.74) is -0.114. The maximum atomic E-state index is 13.4. The van der Waals surface area contributed by atoms with Gasteiger partial charge in [-0.3, -0.25) is 24.5 Å². The number of nitro groups is 1. The molecule has 3 fully saturated rings. The SMILES string of the molecule is O=C(COC(=O)c1ccccc1N1C(=O)[C@@H]2[C@H]3C[C@@H]([C@H](Br)[C@@H]3Br)[C@@H]2C1=O)c1cccc([N+](=O)[O-])c1. The lowest BCUT2D eigenvalue weighted by Crippen LogP contribution is -2.37. The Morgan fingerprint density at radius 3 is 2.26 bits per heavy atom. The number of para-hydroxylation sites is 1. The Bertz CT molecular complexity index is 1250. The van der Waals surface area contributed by atoms with Crippen molar-refractivity contribution in [3.05, 3.63) is 69.8 Å². The van der Waals surface area contributed by atoms with Gasteiger partial charge in [-0.2, -0.15) is 0 Å². The molecule has 6 atom stereocenters. The number of carbonyl (C=O) groups is 4. The molecule has 0 radical (unpaired) electrons. The average Bonchev–Trinajstić information content (AvgIpc) is 3.47. The molecule has 5 rings (SSSR count). The molecule has 1 saturated heterocycles. The second-order valence-electron chi connectivity index (χ2n) is 8.84. The number of hydrogen-bond acceptors (Lipinski definition) is 7. The quantitative estimate of drug-likeness (QED) is 0.122. The summed E-state index contributed by atoms with van der Waals surface area (Å²) >= 11 is 7.30. The number of nitrogens with zero attached hydrogens (tertiary/aromatic N) is 2. The highest BCUT2D eigenvalue weighted by molar-refractivity contribution is 9.12. The second kappa shape index (κ2) is 8.94. The van der Waals surface area contributed by atoms with Crippen molar-refractivity contribution in [2.45, 2.75) is 16.1 Å². The van der Waals surface area contributed by atoms with Gasteiger partial charge in [0, 0.05) is 27.4 Å². The smallest absolute Gasteiger partial charge is 0.340 e. The van der Waals surface area contributed by atoms with Crippen LogP contribution in [0, 0.1) is 33.8 Å². The number of esters is 1. The lowest BCUT2D eigenvalue weighted by Gasteiger charge is -2.28. The number of ketones is 1. The van der Waals surface area contributed by atoms with Crippen LogP contribution in [0.5, 0.6) is 0 Å². The summed E-state index contributed by atoms with van der Waals surface area (Å²) < 4.78 is 5.18. The molecule has 9 nitrogen and oxygen atoms in total. The molecule has 0 aromatic heterocycles. The van der Waals surface area contributed by atoms with Gasteiger partial charge in [-0.05, 0) is 30.4 Å². The fraction of sp³-hybridized carbons (Fsp3) is 0.333. The molecule has 0 N–H and O–H groups in total. The Kier molecular flexibility index (Phi) is 6.08. The zero-order chi connectivity index (χ0) is 25.0. The van der Waals surface area contributed by atoms with Crippen molar-refractivity contribution >= 4 is 66.8 Å². The molecule has 3 aliphatic rings. The van der Waals surface area contributed by atoms with E-state index in [-0.39, 0.29) is 55.8 Å². The lowest BCUT2D eigenvalue weighted by atomic mass is 9.81. The first-order chi connectivity index (χ1) is 16.7. The predicted octanol–water partition coefficient (Wildman–Crippen LogP) is 3.92. The Hall–Kier alpha value is -2.92. The number of non-ortho nitro benzene ring substituents is 1. The number of ether oxygens (including phenoxy) is 1. The highest BCUT2D eigenvalue weighted by atomic mass is 79.9. The summed E-state index contributed by atoms with van der Waals surface area (Å²) in [5.74, 6) is -2.98. The predicted molar refractivity (Wildman–Crippen MR) is 131 cm³/mol. The number of Topliss-reactive ketones (excluding diaryl/α,β-unsaturated/α-hetero) is 1. The van der Waals surface area contributed by atoms with Crippen LogP contribution >= 0.6 is 31.9 Å². The molecule has 2 saturated carbocycles. The monoisotopic (exact) mass is 604 g/mol. The Labute approximate surface area is 216 Å². The summed E-state index contributed by atoms with van der Waals surface area (Å²) in [7, 11) is 0. The molecule has 180 valence electrons.